The molecule has 182 valence electrons. The maximum atomic E-state index is 14.6. The first-order valence-electron chi connectivity index (χ1n) is 10.9. The molecule has 2 aromatic rings. The molecule has 0 bridgehead atoms. The van der Waals surface area contributed by atoms with Crippen LogP contribution >= 0.6 is 11.6 Å². The van der Waals surface area contributed by atoms with Gasteiger partial charge in [0.2, 0.25) is 5.91 Å². The van der Waals surface area contributed by atoms with Gasteiger partial charge < -0.3 is 10.2 Å². The maximum Gasteiger partial charge on any atom is 0.433 e. The van der Waals surface area contributed by atoms with Crippen molar-refractivity contribution in [2.45, 2.75) is 43.6 Å². The number of nitrogens with zero attached hydrogens (tertiary/aromatic N) is 2. The van der Waals surface area contributed by atoms with Crippen molar-refractivity contribution in [2.75, 3.05) is 0 Å². The zero-order chi connectivity index (χ0) is 25.1. The number of carbonyl (C=O) groups excluding carboxylic acids is 2. The third-order valence-corrected chi connectivity index (χ3v) is 6.80. The van der Waals surface area contributed by atoms with Crippen LogP contribution in [0, 0.1) is 35.3 Å². The fraction of sp³-hybridized carbons (Fsp3) is 0.375. The molecule has 1 N–H and O–H groups in total. The smallest absolute Gasteiger partial charge is 0.347 e. The van der Waals surface area contributed by atoms with Gasteiger partial charge in [0.05, 0.1) is 17.0 Å². The van der Waals surface area contributed by atoms with E-state index in [0.29, 0.717) is 18.9 Å². The summed E-state index contributed by atoms with van der Waals surface area (Å²) in [7, 11) is 0. The van der Waals surface area contributed by atoms with E-state index in [1.165, 1.54) is 4.90 Å². The Hall–Kier alpha value is -3.19. The Morgan fingerprint density at radius 1 is 1.14 bits per heavy atom. The molecule has 1 aliphatic heterocycles. The highest BCUT2D eigenvalue weighted by atomic mass is 35.5. The van der Waals surface area contributed by atoms with Gasteiger partial charge in [-0.3, -0.25) is 14.6 Å². The maximum absolute atomic E-state index is 14.6. The van der Waals surface area contributed by atoms with Crippen molar-refractivity contribution in [3.05, 3.63) is 63.9 Å². The lowest BCUT2D eigenvalue weighted by molar-refractivity contribution is -0.141. The topological polar surface area (TPSA) is 62.3 Å². The van der Waals surface area contributed by atoms with Crippen molar-refractivity contribution < 1.29 is 31.5 Å². The molecule has 1 saturated carbocycles. The lowest BCUT2D eigenvalue weighted by atomic mass is 9.92. The molecule has 5 nitrogen and oxygen atoms in total. The summed E-state index contributed by atoms with van der Waals surface area (Å²) in [6, 6.07) is 1.05. The number of benzene rings is 1. The van der Waals surface area contributed by atoms with Crippen LogP contribution in [0.1, 0.15) is 46.9 Å². The third kappa shape index (κ3) is 4.33. The van der Waals surface area contributed by atoms with Gasteiger partial charge in [-0.15, -0.1) is 0 Å². The van der Waals surface area contributed by atoms with Crippen LogP contribution in [0.2, 0.25) is 5.02 Å². The zero-order valence-corrected chi connectivity index (χ0v) is 18.6. The van der Waals surface area contributed by atoms with Crippen molar-refractivity contribution in [3.8, 4) is 11.8 Å². The number of halogens is 6. The normalized spacial score (nSPS) is 23.6. The van der Waals surface area contributed by atoms with Crippen molar-refractivity contribution in [1.82, 2.24) is 15.2 Å². The van der Waals surface area contributed by atoms with E-state index in [2.05, 4.69) is 22.1 Å². The fourth-order valence-electron chi connectivity index (χ4n) is 4.55. The number of fused-ring (bicyclic) bond motifs is 1. The number of pyridine rings is 1. The first-order chi connectivity index (χ1) is 16.5. The number of hydrogen-bond acceptors (Lipinski definition) is 3. The van der Waals surface area contributed by atoms with Crippen LogP contribution in [0.4, 0.5) is 22.0 Å². The van der Waals surface area contributed by atoms with Gasteiger partial charge in [-0.05, 0) is 49.4 Å². The van der Waals surface area contributed by atoms with E-state index in [1.54, 1.807) is 0 Å². The highest BCUT2D eigenvalue weighted by Crippen LogP contribution is 2.43. The fourth-order valence-corrected chi connectivity index (χ4v) is 4.70. The highest BCUT2D eigenvalue weighted by molar-refractivity contribution is 6.30. The van der Waals surface area contributed by atoms with Gasteiger partial charge in [-0.25, -0.2) is 8.78 Å². The predicted octanol–water partition coefficient (Wildman–Crippen LogP) is 4.52. The number of likely N-dealkylation sites (tertiary alicyclic amines) is 1. The second-order valence-corrected chi connectivity index (χ2v) is 9.25. The first-order valence-corrected chi connectivity index (χ1v) is 11.2. The van der Waals surface area contributed by atoms with Crippen LogP contribution in [-0.4, -0.2) is 33.8 Å². The first kappa shape index (κ1) is 23.5. The van der Waals surface area contributed by atoms with E-state index >= 15 is 0 Å². The van der Waals surface area contributed by atoms with Crippen molar-refractivity contribution in [2.24, 2.45) is 11.8 Å². The molecule has 3 aliphatic rings. The number of rotatable bonds is 5. The van der Waals surface area contributed by atoms with E-state index in [-0.39, 0.29) is 34.4 Å². The van der Waals surface area contributed by atoms with E-state index in [0.717, 1.165) is 24.4 Å². The SMILES string of the molecule is O=C(N[C@@H](c1cc(F)c(Cl)cc1F)C1CC1)[C@H]1C[C@H]2C#C[C@H]2N1C(=O)c1ccnc(C(F)(F)F)c1. The summed E-state index contributed by atoms with van der Waals surface area (Å²) < 4.78 is 68.0. The molecule has 5 rings (SSSR count). The van der Waals surface area contributed by atoms with Crippen LogP contribution in [0.5, 0.6) is 0 Å². The molecule has 2 fully saturated rings. The monoisotopic (exact) mass is 509 g/mol. The van der Waals surface area contributed by atoms with Crippen molar-refractivity contribution >= 4 is 23.4 Å². The second kappa shape index (κ2) is 8.48. The van der Waals surface area contributed by atoms with Gasteiger partial charge in [-0.1, -0.05) is 23.4 Å². The average Bonchev–Trinajstić information content (AvgIpc) is 3.59. The van der Waals surface area contributed by atoms with Gasteiger partial charge in [0.25, 0.3) is 5.91 Å². The minimum atomic E-state index is -4.74. The molecular formula is C24H17ClF5N3O2. The Morgan fingerprint density at radius 2 is 1.89 bits per heavy atom. The van der Waals surface area contributed by atoms with Crippen LogP contribution in [0.15, 0.2) is 30.5 Å². The number of hydrogen-bond donors (Lipinski definition) is 1. The summed E-state index contributed by atoms with van der Waals surface area (Å²) in [5, 5.41) is 2.35. The van der Waals surface area contributed by atoms with E-state index in [4.69, 9.17) is 11.6 Å². The minimum Gasteiger partial charge on any atom is -0.347 e. The third-order valence-electron chi connectivity index (χ3n) is 6.51. The Morgan fingerprint density at radius 3 is 2.51 bits per heavy atom. The number of aromatic nitrogens is 1. The lowest BCUT2D eigenvalue weighted by Gasteiger charge is -2.31. The molecule has 0 radical (unpaired) electrons. The van der Waals surface area contributed by atoms with Gasteiger partial charge in [0.1, 0.15) is 29.4 Å². The summed E-state index contributed by atoms with van der Waals surface area (Å²) in [6.45, 7) is 0. The van der Waals surface area contributed by atoms with Gasteiger partial charge in [0, 0.05) is 17.3 Å². The summed E-state index contributed by atoms with van der Waals surface area (Å²) in [4.78, 5) is 31.0. The lowest BCUT2D eigenvalue weighted by Crippen LogP contribution is -2.50. The highest BCUT2D eigenvalue weighted by Gasteiger charge is 2.50. The molecule has 0 spiro atoms. The standard InChI is InChI=1S/C24H17ClF5N3O2/c25-15-10-16(26)14(9-17(15)27)21(11-1-2-11)32-22(34)19-7-12-3-4-18(12)33(19)23(35)13-5-6-31-20(8-13)24(28,29)30/h5-6,8-12,18-19,21H,1-2,7H2,(H,32,34)/t12-,18-,19-,21-/m1/s1. The molecule has 1 aromatic carbocycles. The number of nitrogens with one attached hydrogen (secondary N) is 1. The van der Waals surface area contributed by atoms with Crippen molar-refractivity contribution in [3.63, 3.8) is 0 Å². The minimum absolute atomic E-state index is 0.0539. The summed E-state index contributed by atoms with van der Waals surface area (Å²) in [6.07, 6.45) is -2.30. The molecule has 35 heavy (non-hydrogen) atoms. The van der Waals surface area contributed by atoms with E-state index in [9.17, 15) is 31.5 Å². The van der Waals surface area contributed by atoms with Crippen LogP contribution < -0.4 is 5.32 Å². The molecule has 2 aliphatic carbocycles. The van der Waals surface area contributed by atoms with Gasteiger partial charge >= 0.3 is 6.18 Å². The van der Waals surface area contributed by atoms with E-state index < -0.39 is 53.4 Å². The number of alkyl halides is 3. The molecule has 1 aromatic heterocycles. The Kier molecular flexibility index (Phi) is 5.71. The molecule has 2 heterocycles. The van der Waals surface area contributed by atoms with Gasteiger partial charge in [-0.2, -0.15) is 13.2 Å². The van der Waals surface area contributed by atoms with E-state index in [1.807, 2.05) is 0 Å². The largest absolute Gasteiger partial charge is 0.433 e. The number of amides is 2. The average molecular weight is 510 g/mol. The Labute approximate surface area is 201 Å². The Balaban J connectivity index is 1.41. The van der Waals surface area contributed by atoms with Gasteiger partial charge in [0.15, 0.2) is 0 Å². The van der Waals surface area contributed by atoms with Crippen LogP contribution in [0.3, 0.4) is 0 Å². The summed E-state index contributed by atoms with van der Waals surface area (Å²) >= 11 is 5.65. The van der Waals surface area contributed by atoms with Crippen LogP contribution in [-0.2, 0) is 11.0 Å². The summed E-state index contributed by atoms with van der Waals surface area (Å²) in [5.74, 6) is 2.23. The molecule has 0 unspecified atom stereocenters. The number of carbonyl (C=O) groups is 2. The van der Waals surface area contributed by atoms with Crippen LogP contribution in [0.25, 0.3) is 0 Å². The predicted molar refractivity (Wildman–Crippen MR) is 114 cm³/mol. The second-order valence-electron chi connectivity index (χ2n) is 8.84. The molecule has 2 amide bonds. The summed E-state index contributed by atoms with van der Waals surface area (Å²) in [5.41, 5.74) is -1.56. The molecule has 11 heteroatoms. The quantitative estimate of drug-likeness (QED) is 0.366. The zero-order valence-electron chi connectivity index (χ0n) is 17.9. The Bertz CT molecular complexity index is 1280. The molecule has 1 saturated heterocycles. The molecule has 4 atom stereocenters. The van der Waals surface area contributed by atoms with Crippen molar-refractivity contribution in [1.29, 1.82) is 0 Å². The molecular weight excluding hydrogens is 493 g/mol.